The van der Waals surface area contributed by atoms with E-state index in [0.29, 0.717) is 16.3 Å². The molecular formula is C10H12ClNO3S. The van der Waals surface area contributed by atoms with Crippen molar-refractivity contribution in [2.75, 3.05) is 0 Å². The maximum atomic E-state index is 11.6. The van der Waals surface area contributed by atoms with Gasteiger partial charge < -0.3 is 10.4 Å². The van der Waals surface area contributed by atoms with E-state index in [2.05, 4.69) is 5.32 Å². The molecule has 0 aliphatic heterocycles. The topological polar surface area (TPSA) is 66.4 Å². The Morgan fingerprint density at radius 3 is 2.81 bits per heavy atom. The Bertz CT molecular complexity index is 391. The molecule has 0 bridgehead atoms. The summed E-state index contributed by atoms with van der Waals surface area (Å²) in [7, 11) is 0. The summed E-state index contributed by atoms with van der Waals surface area (Å²) in [5, 5.41) is 13.4. The number of carboxylic acids is 1. The summed E-state index contributed by atoms with van der Waals surface area (Å²) < 4.78 is 0. The van der Waals surface area contributed by atoms with Crippen LogP contribution < -0.4 is 5.32 Å². The van der Waals surface area contributed by atoms with Crippen LogP contribution in [0.5, 0.6) is 0 Å². The molecule has 0 fully saturated rings. The van der Waals surface area contributed by atoms with Crippen molar-refractivity contribution in [3.63, 3.8) is 0 Å². The van der Waals surface area contributed by atoms with Gasteiger partial charge in [-0.1, -0.05) is 11.6 Å². The molecule has 16 heavy (non-hydrogen) atoms. The summed E-state index contributed by atoms with van der Waals surface area (Å²) in [5.74, 6) is -1.12. The van der Waals surface area contributed by atoms with Crippen molar-refractivity contribution in [3.05, 3.63) is 21.3 Å². The SMILES string of the molecule is CC(CCC(=O)O)NC(=O)c1sccc1Cl. The van der Waals surface area contributed by atoms with Crippen LogP contribution in [-0.4, -0.2) is 23.0 Å². The zero-order valence-corrected chi connectivity index (χ0v) is 10.3. The molecule has 0 spiro atoms. The number of carbonyl (C=O) groups is 2. The Kier molecular flexibility index (Phi) is 4.76. The van der Waals surface area contributed by atoms with Gasteiger partial charge in [-0.3, -0.25) is 9.59 Å². The van der Waals surface area contributed by atoms with Crippen LogP contribution in [0.4, 0.5) is 0 Å². The quantitative estimate of drug-likeness (QED) is 0.855. The zero-order valence-electron chi connectivity index (χ0n) is 8.70. The molecule has 4 nitrogen and oxygen atoms in total. The van der Waals surface area contributed by atoms with Crippen molar-refractivity contribution in [2.24, 2.45) is 0 Å². The molecule has 1 atom stereocenters. The number of amides is 1. The number of hydrogen-bond acceptors (Lipinski definition) is 3. The normalized spacial score (nSPS) is 12.1. The molecule has 1 unspecified atom stereocenters. The molecule has 1 amide bonds. The van der Waals surface area contributed by atoms with Gasteiger partial charge in [0.2, 0.25) is 0 Å². The Morgan fingerprint density at radius 2 is 2.31 bits per heavy atom. The molecular weight excluding hydrogens is 250 g/mol. The fraction of sp³-hybridized carbons (Fsp3) is 0.400. The summed E-state index contributed by atoms with van der Waals surface area (Å²) in [5.41, 5.74) is 0. The molecule has 0 aliphatic rings. The predicted molar refractivity (Wildman–Crippen MR) is 63.1 cm³/mol. The first-order valence-electron chi connectivity index (χ1n) is 4.76. The van der Waals surface area contributed by atoms with Gasteiger partial charge in [0.25, 0.3) is 5.91 Å². The second-order valence-electron chi connectivity index (χ2n) is 3.40. The zero-order chi connectivity index (χ0) is 12.1. The van der Waals surface area contributed by atoms with Gasteiger partial charge in [0.1, 0.15) is 4.88 Å². The molecule has 0 aromatic carbocycles. The largest absolute Gasteiger partial charge is 0.481 e. The van der Waals surface area contributed by atoms with Crippen LogP contribution in [0.15, 0.2) is 11.4 Å². The third-order valence-corrected chi connectivity index (χ3v) is 3.33. The van der Waals surface area contributed by atoms with Crippen molar-refractivity contribution >= 4 is 34.8 Å². The Morgan fingerprint density at radius 1 is 1.62 bits per heavy atom. The van der Waals surface area contributed by atoms with Gasteiger partial charge >= 0.3 is 5.97 Å². The molecule has 0 radical (unpaired) electrons. The summed E-state index contributed by atoms with van der Waals surface area (Å²) in [4.78, 5) is 22.5. The highest BCUT2D eigenvalue weighted by molar-refractivity contribution is 7.12. The third-order valence-electron chi connectivity index (χ3n) is 1.99. The molecule has 6 heteroatoms. The monoisotopic (exact) mass is 261 g/mol. The second kappa shape index (κ2) is 5.86. The predicted octanol–water partition coefficient (Wildman–Crippen LogP) is 2.38. The number of halogens is 1. The minimum absolute atomic E-state index is 0.0413. The van der Waals surface area contributed by atoms with Gasteiger partial charge in [0, 0.05) is 12.5 Å². The number of aliphatic carboxylic acids is 1. The lowest BCUT2D eigenvalue weighted by molar-refractivity contribution is -0.137. The Labute approximate surface area is 102 Å². The van der Waals surface area contributed by atoms with Crippen molar-refractivity contribution in [2.45, 2.75) is 25.8 Å². The second-order valence-corrected chi connectivity index (χ2v) is 4.73. The number of carboxylic acid groups (broad SMARTS) is 1. The fourth-order valence-corrected chi connectivity index (χ4v) is 2.20. The lowest BCUT2D eigenvalue weighted by Gasteiger charge is -2.11. The molecule has 0 saturated heterocycles. The highest BCUT2D eigenvalue weighted by atomic mass is 35.5. The first kappa shape index (κ1) is 13.0. The summed E-state index contributed by atoms with van der Waals surface area (Å²) >= 11 is 7.06. The molecule has 0 aliphatic carbocycles. The molecule has 0 saturated carbocycles. The summed E-state index contributed by atoms with van der Waals surface area (Å²) in [6.45, 7) is 1.77. The van der Waals surface area contributed by atoms with Crippen LogP contribution in [0.3, 0.4) is 0 Å². The summed E-state index contributed by atoms with van der Waals surface area (Å²) in [6, 6.07) is 1.48. The Hall–Kier alpha value is -1.07. The van der Waals surface area contributed by atoms with Crippen molar-refractivity contribution < 1.29 is 14.7 Å². The third kappa shape index (κ3) is 3.83. The average molecular weight is 262 g/mol. The van der Waals surface area contributed by atoms with E-state index >= 15 is 0 Å². The minimum Gasteiger partial charge on any atom is -0.481 e. The highest BCUT2D eigenvalue weighted by Crippen LogP contribution is 2.21. The van der Waals surface area contributed by atoms with Crippen LogP contribution in [0, 0.1) is 0 Å². The molecule has 1 aromatic heterocycles. The van der Waals surface area contributed by atoms with E-state index in [1.165, 1.54) is 11.3 Å². The van der Waals surface area contributed by atoms with Crippen LogP contribution in [0.2, 0.25) is 5.02 Å². The van der Waals surface area contributed by atoms with Crippen LogP contribution in [0.1, 0.15) is 29.4 Å². The number of rotatable bonds is 5. The van der Waals surface area contributed by atoms with Crippen LogP contribution in [-0.2, 0) is 4.79 Å². The van der Waals surface area contributed by atoms with E-state index < -0.39 is 5.97 Å². The number of nitrogens with one attached hydrogen (secondary N) is 1. The van der Waals surface area contributed by atoms with Crippen LogP contribution >= 0.6 is 22.9 Å². The van der Waals surface area contributed by atoms with E-state index in [9.17, 15) is 9.59 Å². The maximum absolute atomic E-state index is 11.6. The lowest BCUT2D eigenvalue weighted by atomic mass is 10.2. The smallest absolute Gasteiger partial charge is 0.303 e. The van der Waals surface area contributed by atoms with Gasteiger partial charge in [-0.2, -0.15) is 0 Å². The van der Waals surface area contributed by atoms with Gasteiger partial charge in [-0.25, -0.2) is 0 Å². The lowest BCUT2D eigenvalue weighted by Crippen LogP contribution is -2.32. The standard InChI is InChI=1S/C10H12ClNO3S/c1-6(2-3-8(13)14)12-10(15)9-7(11)4-5-16-9/h4-6H,2-3H2,1H3,(H,12,15)(H,13,14). The number of thiophene rings is 1. The molecule has 88 valence electrons. The number of carbonyl (C=O) groups excluding carboxylic acids is 1. The van der Waals surface area contributed by atoms with E-state index in [1.807, 2.05) is 0 Å². The molecule has 1 rings (SSSR count). The van der Waals surface area contributed by atoms with E-state index in [4.69, 9.17) is 16.7 Å². The summed E-state index contributed by atoms with van der Waals surface area (Å²) in [6.07, 6.45) is 0.448. The molecule has 1 heterocycles. The van der Waals surface area contributed by atoms with Gasteiger partial charge in [0.05, 0.1) is 5.02 Å². The maximum Gasteiger partial charge on any atom is 0.303 e. The van der Waals surface area contributed by atoms with E-state index in [1.54, 1.807) is 18.4 Å². The minimum atomic E-state index is -0.866. The Balaban J connectivity index is 2.46. The van der Waals surface area contributed by atoms with E-state index in [-0.39, 0.29) is 18.4 Å². The van der Waals surface area contributed by atoms with Gasteiger partial charge in [-0.05, 0) is 24.8 Å². The van der Waals surface area contributed by atoms with Gasteiger partial charge in [-0.15, -0.1) is 11.3 Å². The van der Waals surface area contributed by atoms with Crippen molar-refractivity contribution in [1.29, 1.82) is 0 Å². The van der Waals surface area contributed by atoms with Crippen molar-refractivity contribution in [3.8, 4) is 0 Å². The highest BCUT2D eigenvalue weighted by Gasteiger charge is 2.14. The first-order valence-corrected chi connectivity index (χ1v) is 6.02. The fourth-order valence-electron chi connectivity index (χ4n) is 1.16. The number of hydrogen-bond donors (Lipinski definition) is 2. The first-order chi connectivity index (χ1) is 7.50. The average Bonchev–Trinajstić information content (AvgIpc) is 2.61. The van der Waals surface area contributed by atoms with Gasteiger partial charge in [0.15, 0.2) is 0 Å². The molecule has 1 aromatic rings. The van der Waals surface area contributed by atoms with Crippen LogP contribution in [0.25, 0.3) is 0 Å². The molecule has 2 N–H and O–H groups in total. The van der Waals surface area contributed by atoms with Crippen molar-refractivity contribution in [1.82, 2.24) is 5.32 Å². The van der Waals surface area contributed by atoms with E-state index in [0.717, 1.165) is 0 Å².